The third kappa shape index (κ3) is 2.73. The van der Waals surface area contributed by atoms with Crippen LogP contribution in [0.15, 0.2) is 18.2 Å². The fourth-order valence-corrected chi connectivity index (χ4v) is 1.58. The minimum Gasteiger partial charge on any atom is -0.494 e. The number of aryl methyl sites for hydroxylation is 1. The second kappa shape index (κ2) is 5.51. The summed E-state index contributed by atoms with van der Waals surface area (Å²) in [6.45, 7) is 4.46. The molecule has 1 unspecified atom stereocenters. The Bertz CT molecular complexity index is 377. The first kappa shape index (κ1) is 12.5. The summed E-state index contributed by atoms with van der Waals surface area (Å²) in [5.74, 6) is -0.264. The van der Waals surface area contributed by atoms with Gasteiger partial charge in [-0.3, -0.25) is 4.79 Å². The SMILES string of the molecule is CCOc1ccc(C(N)C(=O)O)c(CC)c1. The number of benzene rings is 1. The van der Waals surface area contributed by atoms with Crippen LogP contribution in [0.25, 0.3) is 0 Å². The van der Waals surface area contributed by atoms with Crippen molar-refractivity contribution in [3.8, 4) is 5.75 Å². The van der Waals surface area contributed by atoms with Crippen LogP contribution in [0.3, 0.4) is 0 Å². The van der Waals surface area contributed by atoms with Crippen molar-refractivity contribution in [3.05, 3.63) is 29.3 Å². The number of carboxylic acid groups (broad SMARTS) is 1. The van der Waals surface area contributed by atoms with Gasteiger partial charge in [-0.05, 0) is 36.6 Å². The van der Waals surface area contributed by atoms with Crippen LogP contribution in [0, 0.1) is 0 Å². The summed E-state index contributed by atoms with van der Waals surface area (Å²) in [5.41, 5.74) is 7.17. The van der Waals surface area contributed by atoms with Gasteiger partial charge in [0.05, 0.1) is 6.61 Å². The van der Waals surface area contributed by atoms with Crippen molar-refractivity contribution in [2.45, 2.75) is 26.3 Å². The van der Waals surface area contributed by atoms with Crippen LogP contribution >= 0.6 is 0 Å². The summed E-state index contributed by atoms with van der Waals surface area (Å²) in [7, 11) is 0. The molecule has 0 spiro atoms. The predicted molar refractivity (Wildman–Crippen MR) is 61.6 cm³/mol. The van der Waals surface area contributed by atoms with Crippen LogP contribution in [0.1, 0.15) is 31.0 Å². The summed E-state index contributed by atoms with van der Waals surface area (Å²) in [4.78, 5) is 10.8. The van der Waals surface area contributed by atoms with Crippen molar-refractivity contribution in [2.75, 3.05) is 6.61 Å². The molecule has 0 aromatic heterocycles. The van der Waals surface area contributed by atoms with Gasteiger partial charge in [-0.2, -0.15) is 0 Å². The monoisotopic (exact) mass is 223 g/mol. The Morgan fingerprint density at radius 1 is 1.50 bits per heavy atom. The largest absolute Gasteiger partial charge is 0.494 e. The lowest BCUT2D eigenvalue weighted by Gasteiger charge is -2.13. The van der Waals surface area contributed by atoms with Crippen molar-refractivity contribution in [3.63, 3.8) is 0 Å². The van der Waals surface area contributed by atoms with Crippen molar-refractivity contribution >= 4 is 5.97 Å². The number of nitrogens with two attached hydrogens (primary N) is 1. The van der Waals surface area contributed by atoms with E-state index in [9.17, 15) is 4.79 Å². The zero-order valence-electron chi connectivity index (χ0n) is 9.56. The number of aliphatic carboxylic acids is 1. The fraction of sp³-hybridized carbons (Fsp3) is 0.417. The molecule has 0 bridgehead atoms. The first-order valence-electron chi connectivity index (χ1n) is 5.34. The lowest BCUT2D eigenvalue weighted by Crippen LogP contribution is -2.22. The average Bonchev–Trinajstić information content (AvgIpc) is 2.28. The lowest BCUT2D eigenvalue weighted by molar-refractivity contribution is -0.138. The van der Waals surface area contributed by atoms with E-state index >= 15 is 0 Å². The van der Waals surface area contributed by atoms with Crippen molar-refractivity contribution in [2.24, 2.45) is 5.73 Å². The van der Waals surface area contributed by atoms with Gasteiger partial charge in [0.2, 0.25) is 0 Å². The van der Waals surface area contributed by atoms with Crippen LogP contribution in [0.2, 0.25) is 0 Å². The summed E-state index contributed by atoms with van der Waals surface area (Å²) in [6.07, 6.45) is 0.733. The first-order valence-corrected chi connectivity index (χ1v) is 5.34. The highest BCUT2D eigenvalue weighted by Crippen LogP contribution is 2.23. The first-order chi connectivity index (χ1) is 7.60. The molecular weight excluding hydrogens is 206 g/mol. The summed E-state index contributed by atoms with van der Waals surface area (Å²) in [6, 6.07) is 4.36. The summed E-state index contributed by atoms with van der Waals surface area (Å²) >= 11 is 0. The molecule has 0 aliphatic rings. The molecule has 4 heteroatoms. The minimum absolute atomic E-state index is 0.591. The molecule has 4 nitrogen and oxygen atoms in total. The van der Waals surface area contributed by atoms with E-state index < -0.39 is 12.0 Å². The summed E-state index contributed by atoms with van der Waals surface area (Å²) in [5, 5.41) is 8.87. The molecular formula is C12H17NO3. The van der Waals surface area contributed by atoms with Gasteiger partial charge < -0.3 is 15.6 Å². The highest BCUT2D eigenvalue weighted by Gasteiger charge is 2.17. The molecule has 1 aromatic rings. The molecule has 1 aromatic carbocycles. The van der Waals surface area contributed by atoms with Gasteiger partial charge >= 0.3 is 5.97 Å². The van der Waals surface area contributed by atoms with Crippen LogP contribution < -0.4 is 10.5 Å². The molecule has 0 heterocycles. The Morgan fingerprint density at radius 2 is 2.19 bits per heavy atom. The zero-order valence-corrected chi connectivity index (χ0v) is 9.56. The van der Waals surface area contributed by atoms with Gasteiger partial charge in [-0.25, -0.2) is 0 Å². The molecule has 1 rings (SSSR count). The van der Waals surface area contributed by atoms with Crippen molar-refractivity contribution in [1.82, 2.24) is 0 Å². The molecule has 88 valence electrons. The van der Waals surface area contributed by atoms with Gasteiger partial charge in [0.15, 0.2) is 0 Å². The van der Waals surface area contributed by atoms with Gasteiger partial charge in [0.25, 0.3) is 0 Å². The molecule has 3 N–H and O–H groups in total. The molecule has 0 saturated heterocycles. The number of carboxylic acids is 1. The Hall–Kier alpha value is -1.55. The zero-order chi connectivity index (χ0) is 12.1. The summed E-state index contributed by atoms with van der Waals surface area (Å²) < 4.78 is 5.36. The Balaban J connectivity index is 3.06. The van der Waals surface area contributed by atoms with Crippen LogP contribution in [0.5, 0.6) is 5.75 Å². The Morgan fingerprint density at radius 3 is 2.69 bits per heavy atom. The van der Waals surface area contributed by atoms with E-state index in [0.29, 0.717) is 12.2 Å². The maximum Gasteiger partial charge on any atom is 0.325 e. The van der Waals surface area contributed by atoms with E-state index in [4.69, 9.17) is 15.6 Å². The molecule has 16 heavy (non-hydrogen) atoms. The highest BCUT2D eigenvalue weighted by molar-refractivity contribution is 5.75. The smallest absolute Gasteiger partial charge is 0.325 e. The van der Waals surface area contributed by atoms with Crippen LogP contribution in [-0.2, 0) is 11.2 Å². The quantitative estimate of drug-likeness (QED) is 0.797. The second-order valence-electron chi connectivity index (χ2n) is 3.46. The van der Waals surface area contributed by atoms with E-state index in [1.165, 1.54) is 0 Å². The van der Waals surface area contributed by atoms with Crippen molar-refractivity contribution in [1.29, 1.82) is 0 Å². The van der Waals surface area contributed by atoms with E-state index in [1.54, 1.807) is 12.1 Å². The maximum atomic E-state index is 10.8. The van der Waals surface area contributed by atoms with Crippen LogP contribution in [-0.4, -0.2) is 17.7 Å². The predicted octanol–water partition coefficient (Wildman–Crippen LogP) is 1.73. The van der Waals surface area contributed by atoms with E-state index in [-0.39, 0.29) is 0 Å². The minimum atomic E-state index is -1.01. The third-order valence-corrected chi connectivity index (χ3v) is 2.41. The number of ether oxygens (including phenoxy) is 1. The van der Waals surface area contributed by atoms with Gasteiger partial charge in [0.1, 0.15) is 11.8 Å². The van der Waals surface area contributed by atoms with E-state index in [1.807, 2.05) is 19.9 Å². The Labute approximate surface area is 95.0 Å². The number of rotatable bonds is 5. The topological polar surface area (TPSA) is 72.5 Å². The lowest BCUT2D eigenvalue weighted by atomic mass is 9.99. The normalized spacial score (nSPS) is 12.2. The third-order valence-electron chi connectivity index (χ3n) is 2.41. The number of hydrogen-bond donors (Lipinski definition) is 2. The molecule has 0 saturated carbocycles. The molecule has 0 fully saturated rings. The number of hydrogen-bond acceptors (Lipinski definition) is 3. The molecule has 0 radical (unpaired) electrons. The van der Waals surface area contributed by atoms with Gasteiger partial charge in [-0.1, -0.05) is 13.0 Å². The molecule has 1 atom stereocenters. The fourth-order valence-electron chi connectivity index (χ4n) is 1.58. The van der Waals surface area contributed by atoms with E-state index in [0.717, 1.165) is 17.7 Å². The van der Waals surface area contributed by atoms with Crippen molar-refractivity contribution < 1.29 is 14.6 Å². The van der Waals surface area contributed by atoms with Gasteiger partial charge in [0, 0.05) is 0 Å². The highest BCUT2D eigenvalue weighted by atomic mass is 16.5. The number of carbonyl (C=O) groups is 1. The van der Waals surface area contributed by atoms with E-state index in [2.05, 4.69) is 0 Å². The van der Waals surface area contributed by atoms with Gasteiger partial charge in [-0.15, -0.1) is 0 Å². The second-order valence-corrected chi connectivity index (χ2v) is 3.46. The molecule has 0 amide bonds. The van der Waals surface area contributed by atoms with Crippen LogP contribution in [0.4, 0.5) is 0 Å². The molecule has 0 aliphatic heterocycles. The Kier molecular flexibility index (Phi) is 4.31. The molecule has 0 aliphatic carbocycles. The average molecular weight is 223 g/mol. The maximum absolute atomic E-state index is 10.8. The standard InChI is InChI=1S/C12H17NO3/c1-3-8-7-9(16-4-2)5-6-10(8)11(13)12(14)15/h5-7,11H,3-4,13H2,1-2H3,(H,14,15).